The maximum Gasteiger partial charge on any atom is 0.309 e. The molecule has 0 bridgehead atoms. The van der Waals surface area contributed by atoms with E-state index < -0.39 is 6.10 Å². The first-order valence-electron chi connectivity index (χ1n) is 14.3. The number of aliphatic hydroxyl groups excluding tert-OH is 3. The molecule has 0 saturated carbocycles. The smallest absolute Gasteiger partial charge is 0.309 e. The molecule has 3 fully saturated rings. The predicted octanol–water partition coefficient (Wildman–Crippen LogP) is 6.28. The van der Waals surface area contributed by atoms with Crippen LogP contribution in [0.4, 0.5) is 0 Å². The average Bonchev–Trinajstić information content (AvgIpc) is 3.54. The van der Waals surface area contributed by atoms with Gasteiger partial charge >= 0.3 is 5.97 Å². The van der Waals surface area contributed by atoms with Crippen molar-refractivity contribution >= 4 is 5.97 Å². The Labute approximate surface area is 250 Å². The molecule has 8 atom stereocenters. The van der Waals surface area contributed by atoms with Crippen LogP contribution in [0.3, 0.4) is 0 Å². The molecule has 3 saturated heterocycles. The molecule has 8 heteroatoms. The van der Waals surface area contributed by atoms with Crippen molar-refractivity contribution in [1.82, 2.24) is 0 Å². The lowest BCUT2D eigenvalue weighted by molar-refractivity contribution is -0.144. The van der Waals surface area contributed by atoms with Crippen LogP contribution in [-0.4, -0.2) is 71.1 Å². The molecule has 3 heterocycles. The number of aliphatic hydroxyl groups is 3. The van der Waals surface area contributed by atoms with Crippen molar-refractivity contribution in [3.05, 3.63) is 24.3 Å². The van der Waals surface area contributed by atoms with Crippen molar-refractivity contribution < 1.29 is 34.3 Å². The van der Waals surface area contributed by atoms with Crippen molar-refractivity contribution in [2.45, 2.75) is 150 Å². The largest absolute Gasteiger partial charge is 0.462 e. The highest BCUT2D eigenvalue weighted by Gasteiger charge is 2.34. The number of cyclic esters (lactones) is 1. The molecule has 41 heavy (non-hydrogen) atoms. The number of ether oxygens (including phenoxy) is 3. The van der Waals surface area contributed by atoms with E-state index in [-0.39, 0.29) is 83.8 Å². The summed E-state index contributed by atoms with van der Waals surface area (Å²) in [5.74, 6) is -0.146. The van der Waals surface area contributed by atoms with Crippen LogP contribution in [-0.2, 0) is 19.0 Å². The minimum atomic E-state index is -0.442. The zero-order valence-corrected chi connectivity index (χ0v) is 23.4. The van der Waals surface area contributed by atoms with Crippen LogP contribution in [0.25, 0.3) is 0 Å². The summed E-state index contributed by atoms with van der Waals surface area (Å²) < 4.78 is 17.1. The Bertz CT molecular complexity index is 795. The molecule has 0 aromatic carbocycles. The maximum atomic E-state index is 11.3. The Balaban J connectivity index is 0. The lowest BCUT2D eigenvalue weighted by atomic mass is 9.98. The van der Waals surface area contributed by atoms with Gasteiger partial charge in [-0.1, -0.05) is 42.4 Å². The first-order chi connectivity index (χ1) is 18.2. The molecule has 3 aliphatic heterocycles. The van der Waals surface area contributed by atoms with E-state index in [4.69, 9.17) is 29.7 Å². The van der Waals surface area contributed by atoms with E-state index in [0.717, 1.165) is 75.4 Å². The Kier molecular flexibility index (Phi) is 22.1. The molecule has 0 aromatic rings. The molecular weight excluding hydrogens is 522 g/mol. The molecule has 0 spiro atoms. The first kappa shape index (κ1) is 41.4. The molecule has 0 radical (unpaired) electrons. The number of hydrogen-bond acceptors (Lipinski definition) is 8. The molecule has 3 N–H and O–H groups in total. The van der Waals surface area contributed by atoms with E-state index in [1.165, 1.54) is 0 Å². The van der Waals surface area contributed by atoms with E-state index in [0.29, 0.717) is 12.8 Å². The highest BCUT2D eigenvalue weighted by Crippen LogP contribution is 2.33. The monoisotopic (exact) mass is 583 g/mol. The fourth-order valence-electron chi connectivity index (χ4n) is 5.38. The number of nitrogens with zero attached hydrogens (tertiary/aromatic N) is 1. The fourth-order valence-corrected chi connectivity index (χ4v) is 5.38. The Morgan fingerprint density at radius 3 is 1.85 bits per heavy atom. The standard InChI is InChI=1S/C15H25NO3.C15H24O4.3CH4/c1-11(10-16)8-13(18)5-6-15-12(2)9-14(19-15)4-3-7-17;1-10-8-12(4-3-7-16)18-14(10)6-5-13-9-11(2)15(17)19-13;;;/h11,13-15,17-18H,2-9H2,1H3;11-14,16H,1,3-9H2,2H3;3*1H4/t11-,13?,14+,15+;11-,12+,13?,14+;;;/m11.../s1. The van der Waals surface area contributed by atoms with Crippen molar-refractivity contribution in [1.29, 1.82) is 5.26 Å². The van der Waals surface area contributed by atoms with Gasteiger partial charge < -0.3 is 29.5 Å². The summed E-state index contributed by atoms with van der Waals surface area (Å²) in [6, 6.07) is 2.13. The van der Waals surface area contributed by atoms with E-state index in [1.54, 1.807) is 0 Å². The quantitative estimate of drug-likeness (QED) is 0.161. The second kappa shape index (κ2) is 21.9. The normalized spacial score (nSPS) is 28.2. The van der Waals surface area contributed by atoms with E-state index in [9.17, 15) is 9.90 Å². The molecular formula is C33H61NO7. The third-order valence-electron chi connectivity index (χ3n) is 7.63. The highest BCUT2D eigenvalue weighted by molar-refractivity contribution is 5.74. The molecule has 0 aromatic heterocycles. The van der Waals surface area contributed by atoms with E-state index in [1.807, 2.05) is 13.8 Å². The minimum absolute atomic E-state index is 0. The van der Waals surface area contributed by atoms with Gasteiger partial charge in [-0.05, 0) is 95.1 Å². The molecule has 3 aliphatic rings. The summed E-state index contributed by atoms with van der Waals surface area (Å²) >= 11 is 0. The van der Waals surface area contributed by atoms with E-state index in [2.05, 4.69) is 19.2 Å². The van der Waals surface area contributed by atoms with Gasteiger partial charge in [0.15, 0.2) is 0 Å². The number of hydrogen-bond donors (Lipinski definition) is 3. The number of rotatable bonds is 14. The van der Waals surface area contributed by atoms with Crippen LogP contribution >= 0.6 is 0 Å². The van der Waals surface area contributed by atoms with Crippen LogP contribution in [0, 0.1) is 23.2 Å². The summed E-state index contributed by atoms with van der Waals surface area (Å²) in [6.07, 6.45) is 9.61. The number of nitriles is 1. The van der Waals surface area contributed by atoms with Crippen LogP contribution in [0.1, 0.15) is 113 Å². The van der Waals surface area contributed by atoms with Crippen molar-refractivity contribution in [3.63, 3.8) is 0 Å². The van der Waals surface area contributed by atoms with Gasteiger partial charge in [-0.2, -0.15) is 5.26 Å². The summed E-state index contributed by atoms with van der Waals surface area (Å²) in [4.78, 5) is 11.3. The SMILES string of the molecule is C.C.C.C=C1C[C@H](CCCO)O[C@H]1CCC(O)C[C@@H](C)C#N.C=C1C[C@H](CCCO)O[C@H]1CCC1C[C@@H](C)C(=O)O1. The van der Waals surface area contributed by atoms with Gasteiger partial charge in [0.05, 0.1) is 42.5 Å². The molecule has 2 unspecified atom stereocenters. The van der Waals surface area contributed by atoms with Gasteiger partial charge in [0.1, 0.15) is 6.10 Å². The average molecular weight is 584 g/mol. The fraction of sp³-hybridized carbons (Fsp3) is 0.818. The number of carbonyl (C=O) groups is 1. The topological polar surface area (TPSA) is 129 Å². The van der Waals surface area contributed by atoms with Crippen LogP contribution in [0.15, 0.2) is 24.3 Å². The minimum Gasteiger partial charge on any atom is -0.462 e. The molecule has 8 nitrogen and oxygen atoms in total. The van der Waals surface area contributed by atoms with Crippen LogP contribution < -0.4 is 0 Å². The zero-order valence-electron chi connectivity index (χ0n) is 23.4. The highest BCUT2D eigenvalue weighted by atomic mass is 16.6. The second-order valence-electron chi connectivity index (χ2n) is 11.2. The third kappa shape index (κ3) is 14.8. The van der Waals surface area contributed by atoms with Gasteiger partial charge in [0, 0.05) is 19.1 Å². The summed E-state index contributed by atoms with van der Waals surface area (Å²) in [5.41, 5.74) is 2.23. The summed E-state index contributed by atoms with van der Waals surface area (Å²) in [5, 5.41) is 36.2. The van der Waals surface area contributed by atoms with Crippen molar-refractivity contribution in [2.24, 2.45) is 11.8 Å². The number of esters is 1. The van der Waals surface area contributed by atoms with Crippen molar-refractivity contribution in [3.8, 4) is 6.07 Å². The lowest BCUT2D eigenvalue weighted by Gasteiger charge is -2.16. The summed E-state index contributed by atoms with van der Waals surface area (Å²) in [7, 11) is 0. The Morgan fingerprint density at radius 2 is 1.41 bits per heavy atom. The number of carbonyl (C=O) groups excluding carboxylic acids is 1. The molecule has 0 amide bonds. The predicted molar refractivity (Wildman–Crippen MR) is 165 cm³/mol. The maximum absolute atomic E-state index is 11.3. The lowest BCUT2D eigenvalue weighted by Crippen LogP contribution is -2.17. The van der Waals surface area contributed by atoms with Gasteiger partial charge in [-0.25, -0.2) is 0 Å². The molecule has 3 rings (SSSR count). The van der Waals surface area contributed by atoms with Gasteiger partial charge in [-0.15, -0.1) is 0 Å². The van der Waals surface area contributed by atoms with Crippen LogP contribution in [0.5, 0.6) is 0 Å². The Hall–Kier alpha value is -1.76. The molecule has 240 valence electrons. The first-order valence-corrected chi connectivity index (χ1v) is 14.3. The van der Waals surface area contributed by atoms with Crippen LogP contribution in [0.2, 0.25) is 0 Å². The van der Waals surface area contributed by atoms with E-state index >= 15 is 0 Å². The second-order valence-corrected chi connectivity index (χ2v) is 11.2. The third-order valence-corrected chi connectivity index (χ3v) is 7.63. The van der Waals surface area contributed by atoms with Gasteiger partial charge in [-0.3, -0.25) is 4.79 Å². The Morgan fingerprint density at radius 1 is 0.902 bits per heavy atom. The zero-order chi connectivity index (χ0) is 28.1. The van der Waals surface area contributed by atoms with Crippen molar-refractivity contribution in [2.75, 3.05) is 13.2 Å². The van der Waals surface area contributed by atoms with Gasteiger partial charge in [0.2, 0.25) is 0 Å². The molecule has 0 aliphatic carbocycles. The summed E-state index contributed by atoms with van der Waals surface area (Å²) in [6.45, 7) is 12.2. The van der Waals surface area contributed by atoms with Gasteiger partial charge in [0.25, 0.3) is 0 Å².